The highest BCUT2D eigenvalue weighted by molar-refractivity contribution is 5.90. The van der Waals surface area contributed by atoms with Crippen LogP contribution in [0.2, 0.25) is 0 Å². The van der Waals surface area contributed by atoms with Gasteiger partial charge < -0.3 is 4.74 Å². The molecule has 2 aliphatic rings. The average molecular weight is 263 g/mol. The van der Waals surface area contributed by atoms with Crippen LogP contribution in [0, 0.1) is 5.92 Å². The standard InChI is InChI=1S/C14H21N3O2/c1-3-19-14(18)12-7-15-16(2)13(12)9-17-8-10-4-5-11(17)6-10/h7,10-11H,3-6,8-9H2,1-2H3. The van der Waals surface area contributed by atoms with Crippen LogP contribution in [0.25, 0.3) is 0 Å². The van der Waals surface area contributed by atoms with Crippen molar-refractivity contribution in [1.82, 2.24) is 14.7 Å². The number of likely N-dealkylation sites (tertiary alicyclic amines) is 1. The summed E-state index contributed by atoms with van der Waals surface area (Å²) in [4.78, 5) is 14.4. The number of esters is 1. The fraction of sp³-hybridized carbons (Fsp3) is 0.714. The minimum absolute atomic E-state index is 0.255. The number of nitrogens with zero attached hydrogens (tertiary/aromatic N) is 3. The first kappa shape index (κ1) is 12.7. The number of ether oxygens (including phenoxy) is 1. The number of aromatic nitrogens is 2. The van der Waals surface area contributed by atoms with Crippen molar-refractivity contribution in [3.8, 4) is 0 Å². The Morgan fingerprint density at radius 3 is 3.00 bits per heavy atom. The van der Waals surface area contributed by atoms with Gasteiger partial charge in [0.05, 0.1) is 18.5 Å². The number of aryl methyl sites for hydroxylation is 1. The van der Waals surface area contributed by atoms with Gasteiger partial charge >= 0.3 is 5.97 Å². The number of piperidine rings is 1. The van der Waals surface area contributed by atoms with E-state index in [0.717, 1.165) is 24.7 Å². The van der Waals surface area contributed by atoms with Crippen LogP contribution < -0.4 is 0 Å². The van der Waals surface area contributed by atoms with Crippen molar-refractivity contribution in [2.45, 2.75) is 38.8 Å². The lowest BCUT2D eigenvalue weighted by atomic mass is 10.1. The van der Waals surface area contributed by atoms with E-state index in [1.807, 2.05) is 14.0 Å². The van der Waals surface area contributed by atoms with Crippen molar-refractivity contribution in [3.05, 3.63) is 17.5 Å². The second-order valence-corrected chi connectivity index (χ2v) is 5.61. The Bertz CT molecular complexity index is 483. The quantitative estimate of drug-likeness (QED) is 0.774. The van der Waals surface area contributed by atoms with Gasteiger partial charge in [-0.15, -0.1) is 0 Å². The molecule has 2 atom stereocenters. The largest absolute Gasteiger partial charge is 0.462 e. The van der Waals surface area contributed by atoms with Crippen LogP contribution >= 0.6 is 0 Å². The smallest absolute Gasteiger partial charge is 0.341 e. The summed E-state index contributed by atoms with van der Waals surface area (Å²) >= 11 is 0. The molecule has 1 saturated heterocycles. The number of hydrogen-bond acceptors (Lipinski definition) is 4. The molecule has 0 aromatic carbocycles. The van der Waals surface area contributed by atoms with Gasteiger partial charge in [-0.25, -0.2) is 4.79 Å². The first-order valence-corrected chi connectivity index (χ1v) is 7.11. The molecule has 104 valence electrons. The zero-order valence-electron chi connectivity index (χ0n) is 11.6. The van der Waals surface area contributed by atoms with Crippen molar-refractivity contribution in [3.63, 3.8) is 0 Å². The summed E-state index contributed by atoms with van der Waals surface area (Å²) in [7, 11) is 1.90. The van der Waals surface area contributed by atoms with Crippen LogP contribution in [0.1, 0.15) is 42.2 Å². The van der Waals surface area contributed by atoms with E-state index in [0.29, 0.717) is 18.2 Å². The average Bonchev–Trinajstić information content (AvgIpc) is 3.07. The summed E-state index contributed by atoms with van der Waals surface area (Å²) in [5.41, 5.74) is 1.60. The van der Waals surface area contributed by atoms with Gasteiger partial charge in [0, 0.05) is 26.2 Å². The Hall–Kier alpha value is -1.36. The van der Waals surface area contributed by atoms with E-state index >= 15 is 0 Å². The van der Waals surface area contributed by atoms with Crippen LogP contribution in [-0.2, 0) is 18.3 Å². The first-order valence-electron chi connectivity index (χ1n) is 7.11. The Morgan fingerprint density at radius 1 is 1.53 bits per heavy atom. The highest BCUT2D eigenvalue weighted by Crippen LogP contribution is 2.38. The van der Waals surface area contributed by atoms with Gasteiger partial charge in [0.15, 0.2) is 0 Å². The second-order valence-electron chi connectivity index (χ2n) is 5.61. The maximum absolute atomic E-state index is 11.9. The molecule has 2 heterocycles. The SMILES string of the molecule is CCOC(=O)c1cnn(C)c1CN1CC2CCC1C2. The summed E-state index contributed by atoms with van der Waals surface area (Å²) < 4.78 is 6.90. The monoisotopic (exact) mass is 263 g/mol. The second kappa shape index (κ2) is 4.96. The fourth-order valence-electron chi connectivity index (χ4n) is 3.44. The van der Waals surface area contributed by atoms with E-state index < -0.39 is 0 Å². The Kier molecular flexibility index (Phi) is 3.31. The van der Waals surface area contributed by atoms with E-state index in [2.05, 4.69) is 10.00 Å². The van der Waals surface area contributed by atoms with Gasteiger partial charge in [-0.1, -0.05) is 0 Å². The molecular formula is C14H21N3O2. The maximum atomic E-state index is 11.9. The minimum Gasteiger partial charge on any atom is -0.462 e. The van der Waals surface area contributed by atoms with Gasteiger partial charge in [-0.2, -0.15) is 5.10 Å². The molecule has 1 aliphatic carbocycles. The van der Waals surface area contributed by atoms with Crippen molar-refractivity contribution < 1.29 is 9.53 Å². The molecule has 0 N–H and O–H groups in total. The summed E-state index contributed by atoms with van der Waals surface area (Å²) in [5.74, 6) is 0.610. The van der Waals surface area contributed by atoms with Gasteiger partial charge in [0.25, 0.3) is 0 Å². The predicted octanol–water partition coefficient (Wildman–Crippen LogP) is 1.58. The number of fused-ring (bicyclic) bond motifs is 2. The highest BCUT2D eigenvalue weighted by atomic mass is 16.5. The Morgan fingerprint density at radius 2 is 2.37 bits per heavy atom. The fourth-order valence-corrected chi connectivity index (χ4v) is 3.44. The van der Waals surface area contributed by atoms with Gasteiger partial charge in [0.2, 0.25) is 0 Å². The third-order valence-electron chi connectivity index (χ3n) is 4.43. The summed E-state index contributed by atoms with van der Waals surface area (Å²) in [6, 6.07) is 0.704. The summed E-state index contributed by atoms with van der Waals surface area (Å²) in [6.45, 7) is 4.21. The van der Waals surface area contributed by atoms with Crippen molar-refractivity contribution in [2.75, 3.05) is 13.2 Å². The van der Waals surface area contributed by atoms with Gasteiger partial charge in [0.1, 0.15) is 5.56 Å². The van der Waals surface area contributed by atoms with Crippen molar-refractivity contribution in [1.29, 1.82) is 0 Å². The Labute approximate surface area is 113 Å². The molecule has 1 saturated carbocycles. The third-order valence-corrected chi connectivity index (χ3v) is 4.43. The van der Waals surface area contributed by atoms with Crippen molar-refractivity contribution in [2.24, 2.45) is 13.0 Å². The van der Waals surface area contributed by atoms with Crippen LogP contribution in [0.15, 0.2) is 6.20 Å². The molecule has 3 rings (SSSR count). The highest BCUT2D eigenvalue weighted by Gasteiger charge is 2.38. The predicted molar refractivity (Wildman–Crippen MR) is 70.7 cm³/mol. The zero-order valence-corrected chi connectivity index (χ0v) is 11.6. The lowest BCUT2D eigenvalue weighted by Crippen LogP contribution is -2.32. The molecule has 2 unspecified atom stereocenters. The van der Waals surface area contributed by atoms with E-state index in [9.17, 15) is 4.79 Å². The van der Waals surface area contributed by atoms with Crippen LogP contribution in [0.4, 0.5) is 0 Å². The lowest BCUT2D eigenvalue weighted by Gasteiger charge is -2.26. The topological polar surface area (TPSA) is 47.4 Å². The molecule has 2 fully saturated rings. The molecule has 2 bridgehead atoms. The minimum atomic E-state index is -0.255. The van der Waals surface area contributed by atoms with E-state index in [1.165, 1.54) is 19.3 Å². The maximum Gasteiger partial charge on any atom is 0.341 e. The molecule has 0 spiro atoms. The molecule has 1 aliphatic heterocycles. The van der Waals surface area contributed by atoms with Gasteiger partial charge in [-0.3, -0.25) is 9.58 Å². The number of carbonyl (C=O) groups is 1. The third kappa shape index (κ3) is 2.27. The van der Waals surface area contributed by atoms with Gasteiger partial charge in [-0.05, 0) is 32.1 Å². The van der Waals surface area contributed by atoms with Crippen LogP contribution in [-0.4, -0.2) is 39.8 Å². The van der Waals surface area contributed by atoms with Crippen LogP contribution in [0.3, 0.4) is 0 Å². The van der Waals surface area contributed by atoms with E-state index in [1.54, 1.807) is 10.9 Å². The Balaban J connectivity index is 1.77. The number of rotatable bonds is 4. The number of hydrogen-bond donors (Lipinski definition) is 0. The summed E-state index contributed by atoms with van der Waals surface area (Å²) in [6.07, 6.45) is 5.63. The molecule has 1 aromatic rings. The molecule has 19 heavy (non-hydrogen) atoms. The first-order chi connectivity index (χ1) is 9.19. The van der Waals surface area contributed by atoms with Crippen molar-refractivity contribution >= 4 is 5.97 Å². The normalized spacial score (nSPS) is 26.0. The van der Waals surface area contributed by atoms with Crippen LogP contribution in [0.5, 0.6) is 0 Å². The molecular weight excluding hydrogens is 242 g/mol. The molecule has 0 amide bonds. The summed E-state index contributed by atoms with van der Waals surface area (Å²) in [5, 5.41) is 4.21. The molecule has 1 aromatic heterocycles. The van der Waals surface area contributed by atoms with E-state index in [-0.39, 0.29) is 5.97 Å². The molecule has 5 nitrogen and oxygen atoms in total. The lowest BCUT2D eigenvalue weighted by molar-refractivity contribution is 0.0523. The molecule has 5 heteroatoms. The van der Waals surface area contributed by atoms with E-state index in [4.69, 9.17) is 4.74 Å². The molecule has 0 radical (unpaired) electrons. The number of carbonyl (C=O) groups excluding carboxylic acids is 1. The zero-order chi connectivity index (χ0) is 13.4.